The topological polar surface area (TPSA) is 0 Å². The van der Waals surface area contributed by atoms with Crippen LogP contribution in [0.5, 0.6) is 0 Å². The molecule has 0 aromatic heterocycles. The monoisotopic (exact) mass is 198 g/mol. The fourth-order valence-electron chi connectivity index (χ4n) is 0. The largest absolute Gasteiger partial charge is 2.00 e. The van der Waals surface area contributed by atoms with Gasteiger partial charge in [-0.3, -0.25) is 0 Å². The van der Waals surface area contributed by atoms with Crippen molar-refractivity contribution < 1.29 is 75.6 Å². The van der Waals surface area contributed by atoms with Crippen molar-refractivity contribution in [1.82, 2.24) is 0 Å². The maximum atomic E-state index is 0. The summed E-state index contributed by atoms with van der Waals surface area (Å²) in [6.07, 6.45) is 0. The standard InChI is InChI=1S/Ca.Fe.K.Mg.H3P.5H/h;;;;1H3;;;;;/q+2;;+1;+2;;5*-1. The first-order chi connectivity index (χ1) is 0. The van der Waals surface area contributed by atoms with Crippen LogP contribution < -0.4 is 51.4 Å². The van der Waals surface area contributed by atoms with Gasteiger partial charge in [0.1, 0.15) is 0 Å². The predicted molar refractivity (Wildman–Crippen MR) is 28.2 cm³/mol. The summed E-state index contributed by atoms with van der Waals surface area (Å²) in [5.74, 6) is 0. The second-order valence-corrected chi connectivity index (χ2v) is 0. The van der Waals surface area contributed by atoms with Crippen molar-refractivity contribution in [2.75, 3.05) is 0 Å². The summed E-state index contributed by atoms with van der Waals surface area (Å²) >= 11 is 0. The van der Waals surface area contributed by atoms with Crippen LogP contribution >= 0.6 is 9.90 Å². The Morgan fingerprint density at radius 1 is 1.20 bits per heavy atom. The predicted octanol–water partition coefficient (Wildman–Crippen LogP) is -3.14. The Morgan fingerprint density at radius 3 is 1.20 bits per heavy atom. The SMILES string of the molecule is P.[Ca+2].[Fe].[H-].[H-].[H-].[H-].[H-].[K+].[Mg+2]. The molecule has 0 N–H and O–H groups in total. The van der Waals surface area contributed by atoms with Gasteiger partial charge in [-0.25, -0.2) is 0 Å². The smallest absolute Gasteiger partial charge is 1.00 e. The minimum atomic E-state index is 0. The Bertz CT molecular complexity index is 21.6. The summed E-state index contributed by atoms with van der Waals surface area (Å²) in [4.78, 5) is 0. The van der Waals surface area contributed by atoms with Gasteiger partial charge in [0.25, 0.3) is 0 Å². The Labute approximate surface area is 142 Å². The van der Waals surface area contributed by atoms with Crippen molar-refractivity contribution in [2.24, 2.45) is 0 Å². The summed E-state index contributed by atoms with van der Waals surface area (Å²) in [5.41, 5.74) is 0. The summed E-state index contributed by atoms with van der Waals surface area (Å²) in [6.45, 7) is 0. The number of hydrogen-bond acceptors (Lipinski definition) is 0. The molecule has 0 aliphatic carbocycles. The first-order valence-corrected chi connectivity index (χ1v) is 0. The van der Waals surface area contributed by atoms with Gasteiger partial charge in [0, 0.05) is 17.1 Å². The van der Waals surface area contributed by atoms with Gasteiger partial charge in [-0.05, 0) is 0 Å². The van der Waals surface area contributed by atoms with E-state index in [-0.39, 0.29) is 146 Å². The Hall–Kier alpha value is 4.61. The van der Waals surface area contributed by atoms with Gasteiger partial charge in [-0.15, -0.1) is 0 Å². The van der Waals surface area contributed by atoms with E-state index in [0.717, 1.165) is 0 Å². The van der Waals surface area contributed by atoms with Crippen LogP contribution in [0.4, 0.5) is 0 Å². The van der Waals surface area contributed by atoms with Gasteiger partial charge in [0.05, 0.1) is 0 Å². The molecule has 0 rings (SSSR count). The summed E-state index contributed by atoms with van der Waals surface area (Å²) < 4.78 is 0. The molecule has 0 fully saturated rings. The molecule has 0 spiro atoms. The van der Waals surface area contributed by atoms with Gasteiger partial charge >= 0.3 is 112 Å². The summed E-state index contributed by atoms with van der Waals surface area (Å²) in [5, 5.41) is 0. The summed E-state index contributed by atoms with van der Waals surface area (Å²) in [6, 6.07) is 0. The molecule has 5 heavy (non-hydrogen) atoms. The summed E-state index contributed by atoms with van der Waals surface area (Å²) in [7, 11) is 0. The van der Waals surface area contributed by atoms with Crippen molar-refractivity contribution in [2.45, 2.75) is 0 Å². The maximum absolute atomic E-state index is 0. The molecule has 0 aromatic rings. The third kappa shape index (κ3) is 17.7. The molecule has 0 amide bonds. The van der Waals surface area contributed by atoms with Crippen molar-refractivity contribution in [3.8, 4) is 0 Å². The van der Waals surface area contributed by atoms with E-state index in [1.54, 1.807) is 0 Å². The molecule has 0 aliphatic heterocycles. The fraction of sp³-hybridized carbons (Fsp3) is 0. The first-order valence-electron chi connectivity index (χ1n) is 0. The molecule has 0 aromatic carbocycles. The van der Waals surface area contributed by atoms with Crippen LogP contribution in [0.25, 0.3) is 0 Å². The molecular formula is H8CaFeKMgP. The van der Waals surface area contributed by atoms with E-state index in [4.69, 9.17) is 0 Å². The van der Waals surface area contributed by atoms with Crippen molar-refractivity contribution in [1.29, 1.82) is 0 Å². The molecule has 0 nitrogen and oxygen atoms in total. The van der Waals surface area contributed by atoms with Gasteiger partial charge in [0.2, 0.25) is 0 Å². The van der Waals surface area contributed by atoms with E-state index in [1.165, 1.54) is 0 Å². The van der Waals surface area contributed by atoms with Crippen LogP contribution in [0, 0.1) is 0 Å². The Kier molecular flexibility index (Phi) is 157. The second kappa shape index (κ2) is 23.5. The Morgan fingerprint density at radius 2 is 1.20 bits per heavy atom. The van der Waals surface area contributed by atoms with Crippen LogP contribution in [-0.2, 0) is 17.1 Å². The van der Waals surface area contributed by atoms with Crippen LogP contribution in [0.3, 0.4) is 0 Å². The van der Waals surface area contributed by atoms with Crippen LogP contribution in [0.2, 0.25) is 0 Å². The molecule has 0 heterocycles. The van der Waals surface area contributed by atoms with Crippen LogP contribution in [-0.4, -0.2) is 60.8 Å². The van der Waals surface area contributed by atoms with E-state index in [9.17, 15) is 0 Å². The van der Waals surface area contributed by atoms with Crippen molar-refractivity contribution >= 4 is 70.7 Å². The minimum absolute atomic E-state index is 0. The van der Waals surface area contributed by atoms with E-state index in [1.807, 2.05) is 0 Å². The molecule has 0 saturated carbocycles. The molecule has 1 unspecified atom stereocenters. The number of hydrogen-bond donors (Lipinski definition) is 0. The zero-order valence-electron chi connectivity index (χ0n) is 8.47. The third-order valence-electron chi connectivity index (χ3n) is 0. The fourth-order valence-corrected chi connectivity index (χ4v) is 0. The van der Waals surface area contributed by atoms with E-state index >= 15 is 0 Å². The van der Waals surface area contributed by atoms with Gasteiger partial charge < -0.3 is 7.13 Å². The molecular weight excluding hydrogens is 190 g/mol. The average Bonchev–Trinajstić information content (AvgIpc) is 0. The molecule has 5 heteroatoms. The van der Waals surface area contributed by atoms with Gasteiger partial charge in [0.15, 0.2) is 0 Å². The molecule has 1 atom stereocenters. The quantitative estimate of drug-likeness (QED) is 0.285. The zero-order valence-corrected chi connectivity index (χ0v) is 12.7. The van der Waals surface area contributed by atoms with Crippen molar-refractivity contribution in [3.05, 3.63) is 0 Å². The zero-order chi connectivity index (χ0) is 0. The minimum Gasteiger partial charge on any atom is -1.00 e. The number of rotatable bonds is 0. The van der Waals surface area contributed by atoms with Gasteiger partial charge in [-0.2, -0.15) is 9.90 Å². The molecule has 0 aliphatic rings. The Balaban J connectivity index is 0. The van der Waals surface area contributed by atoms with Crippen molar-refractivity contribution in [3.63, 3.8) is 0 Å². The maximum Gasteiger partial charge on any atom is 2.00 e. The molecule has 0 radical (unpaired) electrons. The molecule has 0 bridgehead atoms. The normalized spacial score (nSPS) is 0. The van der Waals surface area contributed by atoms with E-state index in [0.29, 0.717) is 0 Å². The molecule has 0 saturated heterocycles. The molecule has 26 valence electrons. The van der Waals surface area contributed by atoms with Crippen LogP contribution in [0.15, 0.2) is 0 Å². The second-order valence-electron chi connectivity index (χ2n) is 0. The van der Waals surface area contributed by atoms with Gasteiger partial charge in [-0.1, -0.05) is 0 Å². The van der Waals surface area contributed by atoms with Crippen LogP contribution in [0.1, 0.15) is 7.13 Å². The third-order valence-corrected chi connectivity index (χ3v) is 0. The van der Waals surface area contributed by atoms with E-state index in [2.05, 4.69) is 0 Å². The average molecular weight is 198 g/mol. The first kappa shape index (κ1) is 33.5. The van der Waals surface area contributed by atoms with E-state index < -0.39 is 0 Å².